The first-order valence-electron chi connectivity index (χ1n) is 8.87. The van der Waals surface area contributed by atoms with Crippen LogP contribution >= 0.6 is 0 Å². The van der Waals surface area contributed by atoms with Crippen LogP contribution in [0.1, 0.15) is 11.1 Å². The van der Waals surface area contributed by atoms with E-state index in [-0.39, 0.29) is 5.75 Å². The molecule has 0 unspecified atom stereocenters. The normalized spacial score (nSPS) is 11.6. The number of aromatic nitrogens is 2. The van der Waals surface area contributed by atoms with E-state index in [0.717, 1.165) is 17.5 Å². The number of phenolic OH excluding ortho intramolecular Hbond substituents is 1. The van der Waals surface area contributed by atoms with Crippen molar-refractivity contribution in [3.05, 3.63) is 83.9 Å². The fourth-order valence-corrected chi connectivity index (χ4v) is 2.99. The lowest BCUT2D eigenvalue weighted by molar-refractivity contribution is -0.137. The van der Waals surface area contributed by atoms with Gasteiger partial charge in [-0.3, -0.25) is 0 Å². The number of para-hydroxylation sites is 2. The molecule has 0 bridgehead atoms. The quantitative estimate of drug-likeness (QED) is 0.470. The fourth-order valence-electron chi connectivity index (χ4n) is 2.99. The summed E-state index contributed by atoms with van der Waals surface area (Å²) in [7, 11) is 0. The third kappa shape index (κ3) is 3.99. The van der Waals surface area contributed by atoms with Crippen LogP contribution < -0.4 is 5.32 Å². The average molecular weight is 395 g/mol. The molecule has 0 fully saturated rings. The maximum atomic E-state index is 12.7. The molecule has 1 heterocycles. The lowest BCUT2D eigenvalue weighted by atomic mass is 10.1. The van der Waals surface area contributed by atoms with Crippen LogP contribution in [0.3, 0.4) is 0 Å². The van der Waals surface area contributed by atoms with Gasteiger partial charge in [0.15, 0.2) is 5.82 Å². The molecule has 146 valence electrons. The van der Waals surface area contributed by atoms with Crippen LogP contribution in [0.15, 0.2) is 72.8 Å². The van der Waals surface area contributed by atoms with Crippen LogP contribution in [-0.4, -0.2) is 15.1 Å². The number of aromatic hydroxyl groups is 1. The summed E-state index contributed by atoms with van der Waals surface area (Å²) in [6.07, 6.45) is -4.36. The molecule has 4 rings (SSSR count). The van der Waals surface area contributed by atoms with E-state index in [9.17, 15) is 18.3 Å². The second kappa shape index (κ2) is 7.43. The molecule has 1 aromatic heterocycles. The van der Waals surface area contributed by atoms with Crippen LogP contribution in [0, 0.1) is 0 Å². The third-order valence-electron chi connectivity index (χ3n) is 4.49. The first kappa shape index (κ1) is 18.7. The smallest absolute Gasteiger partial charge is 0.416 e. The predicted octanol–water partition coefficient (Wildman–Crippen LogP) is 5.63. The van der Waals surface area contributed by atoms with Crippen molar-refractivity contribution >= 4 is 16.7 Å². The minimum atomic E-state index is -4.36. The van der Waals surface area contributed by atoms with Crippen molar-refractivity contribution in [2.24, 2.45) is 0 Å². The van der Waals surface area contributed by atoms with Gasteiger partial charge in [-0.25, -0.2) is 9.97 Å². The Hall–Kier alpha value is -3.61. The summed E-state index contributed by atoms with van der Waals surface area (Å²) in [5.74, 6) is 0.960. The van der Waals surface area contributed by atoms with Crippen molar-refractivity contribution < 1.29 is 18.3 Å². The topological polar surface area (TPSA) is 58.0 Å². The number of hydrogen-bond acceptors (Lipinski definition) is 4. The number of halogens is 3. The minimum Gasteiger partial charge on any atom is -0.507 e. The van der Waals surface area contributed by atoms with Crippen molar-refractivity contribution in [1.82, 2.24) is 9.97 Å². The van der Waals surface area contributed by atoms with Crippen molar-refractivity contribution in [2.45, 2.75) is 12.7 Å². The van der Waals surface area contributed by atoms with Crippen LogP contribution in [0.2, 0.25) is 0 Å². The summed E-state index contributed by atoms with van der Waals surface area (Å²) in [4.78, 5) is 9.07. The SMILES string of the molecule is Oc1ccccc1-c1nc(NCc2ccc(C(F)(F)F)cc2)c2ccccc2n1. The maximum Gasteiger partial charge on any atom is 0.416 e. The van der Waals surface area contributed by atoms with Crippen molar-refractivity contribution in [1.29, 1.82) is 0 Å². The number of alkyl halides is 3. The van der Waals surface area contributed by atoms with E-state index in [1.54, 1.807) is 24.3 Å². The Bertz CT molecular complexity index is 1160. The largest absolute Gasteiger partial charge is 0.507 e. The summed E-state index contributed by atoms with van der Waals surface area (Å²) in [6.45, 7) is 0.291. The Kier molecular flexibility index (Phi) is 4.80. The second-order valence-electron chi connectivity index (χ2n) is 6.48. The van der Waals surface area contributed by atoms with Gasteiger partial charge in [0.05, 0.1) is 16.6 Å². The first-order valence-corrected chi connectivity index (χ1v) is 8.87. The van der Waals surface area contributed by atoms with Gasteiger partial charge in [-0.2, -0.15) is 13.2 Å². The highest BCUT2D eigenvalue weighted by Crippen LogP contribution is 2.31. The van der Waals surface area contributed by atoms with E-state index in [0.29, 0.717) is 34.8 Å². The standard InChI is InChI=1S/C22H16F3N3O/c23-22(24,25)15-11-9-14(10-12-15)13-26-20-16-5-1-3-7-18(16)27-21(28-20)17-6-2-4-8-19(17)29/h1-12,29H,13H2,(H,26,27,28). The lowest BCUT2D eigenvalue weighted by Crippen LogP contribution is -2.07. The van der Waals surface area contributed by atoms with Gasteiger partial charge in [0, 0.05) is 11.9 Å². The molecule has 0 aliphatic heterocycles. The molecule has 0 aliphatic rings. The van der Waals surface area contributed by atoms with Gasteiger partial charge in [-0.1, -0.05) is 36.4 Å². The highest BCUT2D eigenvalue weighted by Gasteiger charge is 2.29. The van der Waals surface area contributed by atoms with Crippen LogP contribution in [0.4, 0.5) is 19.0 Å². The third-order valence-corrected chi connectivity index (χ3v) is 4.49. The Morgan fingerprint density at radius 3 is 2.24 bits per heavy atom. The van der Waals surface area contributed by atoms with Gasteiger partial charge in [-0.05, 0) is 42.0 Å². The monoisotopic (exact) mass is 395 g/mol. The number of rotatable bonds is 4. The van der Waals surface area contributed by atoms with E-state index >= 15 is 0 Å². The van der Waals surface area contributed by atoms with Gasteiger partial charge < -0.3 is 10.4 Å². The number of anilines is 1. The highest BCUT2D eigenvalue weighted by atomic mass is 19.4. The van der Waals surface area contributed by atoms with Crippen molar-refractivity contribution in [2.75, 3.05) is 5.32 Å². The van der Waals surface area contributed by atoms with Crippen LogP contribution in [-0.2, 0) is 12.7 Å². The molecular formula is C22H16F3N3O. The zero-order chi connectivity index (χ0) is 20.4. The molecule has 0 saturated heterocycles. The summed E-state index contributed by atoms with van der Waals surface area (Å²) in [6, 6.07) is 19.2. The molecule has 0 spiro atoms. The number of benzene rings is 3. The Labute approximate surface area is 164 Å². The summed E-state index contributed by atoms with van der Waals surface area (Å²) in [5, 5.41) is 14.1. The van der Waals surface area contributed by atoms with E-state index in [1.807, 2.05) is 24.3 Å². The molecule has 0 amide bonds. The van der Waals surface area contributed by atoms with Gasteiger partial charge in [0.25, 0.3) is 0 Å². The first-order chi connectivity index (χ1) is 13.9. The number of nitrogens with zero attached hydrogens (tertiary/aromatic N) is 2. The molecule has 4 aromatic rings. The average Bonchev–Trinajstić information content (AvgIpc) is 2.72. The van der Waals surface area contributed by atoms with Gasteiger partial charge in [0.2, 0.25) is 0 Å². The number of nitrogens with one attached hydrogen (secondary N) is 1. The van der Waals surface area contributed by atoms with Gasteiger partial charge in [-0.15, -0.1) is 0 Å². The number of fused-ring (bicyclic) bond motifs is 1. The maximum absolute atomic E-state index is 12.7. The molecule has 4 nitrogen and oxygen atoms in total. The Morgan fingerprint density at radius 2 is 1.52 bits per heavy atom. The van der Waals surface area contributed by atoms with Gasteiger partial charge in [0.1, 0.15) is 11.6 Å². The summed E-state index contributed by atoms with van der Waals surface area (Å²) in [5.41, 5.74) is 1.19. The van der Waals surface area contributed by atoms with Crippen molar-refractivity contribution in [3.63, 3.8) is 0 Å². The summed E-state index contributed by atoms with van der Waals surface area (Å²) < 4.78 is 38.2. The van der Waals surface area contributed by atoms with Gasteiger partial charge >= 0.3 is 6.18 Å². The molecule has 2 N–H and O–H groups in total. The number of phenols is 1. The van der Waals surface area contributed by atoms with E-state index in [1.165, 1.54) is 12.1 Å². The zero-order valence-electron chi connectivity index (χ0n) is 15.1. The fraction of sp³-hybridized carbons (Fsp3) is 0.0909. The molecule has 7 heteroatoms. The van der Waals surface area contributed by atoms with Crippen molar-refractivity contribution in [3.8, 4) is 17.1 Å². The highest BCUT2D eigenvalue weighted by molar-refractivity contribution is 5.90. The molecule has 29 heavy (non-hydrogen) atoms. The molecular weight excluding hydrogens is 379 g/mol. The van der Waals surface area contributed by atoms with Crippen LogP contribution in [0.25, 0.3) is 22.3 Å². The van der Waals surface area contributed by atoms with E-state index < -0.39 is 11.7 Å². The minimum absolute atomic E-state index is 0.0662. The Balaban J connectivity index is 1.67. The second-order valence-corrected chi connectivity index (χ2v) is 6.48. The molecule has 3 aromatic carbocycles. The molecule has 0 atom stereocenters. The molecule has 0 radical (unpaired) electrons. The number of hydrogen-bond donors (Lipinski definition) is 2. The predicted molar refractivity (Wildman–Crippen MR) is 105 cm³/mol. The summed E-state index contributed by atoms with van der Waals surface area (Å²) >= 11 is 0. The lowest BCUT2D eigenvalue weighted by Gasteiger charge is -2.12. The zero-order valence-corrected chi connectivity index (χ0v) is 15.1. The van der Waals surface area contributed by atoms with Crippen LogP contribution in [0.5, 0.6) is 5.75 Å². The molecule has 0 aliphatic carbocycles. The Morgan fingerprint density at radius 1 is 0.828 bits per heavy atom. The van der Waals surface area contributed by atoms with E-state index in [2.05, 4.69) is 15.3 Å². The molecule has 0 saturated carbocycles. The van der Waals surface area contributed by atoms with E-state index in [4.69, 9.17) is 0 Å².